The Morgan fingerprint density at radius 3 is 2.67 bits per heavy atom. The number of carbonyl (C=O) groups is 2. The molecule has 2 aromatic heterocycles. The van der Waals surface area contributed by atoms with E-state index in [4.69, 9.17) is 34.0 Å². The molecule has 4 rings (SSSR count). The van der Waals surface area contributed by atoms with Crippen molar-refractivity contribution in [2.24, 2.45) is 11.7 Å². The number of amides is 2. The molecular formula is C22H23B3N8O3. The number of anilines is 3. The van der Waals surface area contributed by atoms with Gasteiger partial charge in [-0.05, 0) is 18.9 Å². The fourth-order valence-corrected chi connectivity index (χ4v) is 3.53. The molecule has 178 valence electrons. The van der Waals surface area contributed by atoms with Gasteiger partial charge in [0, 0.05) is 35.9 Å². The number of methoxy groups -OCH3 is 1. The summed E-state index contributed by atoms with van der Waals surface area (Å²) in [5.74, 6) is -0.316. The highest BCUT2D eigenvalue weighted by atomic mass is 16.5. The summed E-state index contributed by atoms with van der Waals surface area (Å²) in [5.41, 5.74) is 7.78. The van der Waals surface area contributed by atoms with E-state index in [1.54, 1.807) is 16.9 Å². The molecule has 0 spiro atoms. The zero-order chi connectivity index (χ0) is 25.9. The van der Waals surface area contributed by atoms with E-state index in [0.717, 1.165) is 24.0 Å². The molecule has 14 heteroatoms. The van der Waals surface area contributed by atoms with Gasteiger partial charge in [0.1, 0.15) is 5.75 Å². The number of carbonyl (C=O) groups excluding carboxylic acids is 2. The van der Waals surface area contributed by atoms with Gasteiger partial charge in [-0.3, -0.25) is 14.3 Å². The van der Waals surface area contributed by atoms with Crippen molar-refractivity contribution in [2.75, 3.05) is 24.3 Å². The summed E-state index contributed by atoms with van der Waals surface area (Å²) in [4.78, 5) is 25.0. The van der Waals surface area contributed by atoms with Crippen molar-refractivity contribution in [3.8, 4) is 16.9 Å². The van der Waals surface area contributed by atoms with E-state index in [1.165, 1.54) is 13.2 Å². The molecule has 1 aliphatic rings. The fraction of sp³-hybridized carbons (Fsp3) is 0.318. The summed E-state index contributed by atoms with van der Waals surface area (Å²) in [6, 6.07) is 6.93. The Morgan fingerprint density at radius 2 is 2.00 bits per heavy atom. The third-order valence-corrected chi connectivity index (χ3v) is 5.33. The lowest BCUT2D eigenvalue weighted by Gasteiger charge is -2.23. The first-order chi connectivity index (χ1) is 17.2. The number of benzene rings is 1. The molecule has 1 aromatic carbocycles. The highest BCUT2D eigenvalue weighted by Crippen LogP contribution is 2.38. The maximum absolute atomic E-state index is 12.8. The van der Waals surface area contributed by atoms with Gasteiger partial charge in [-0.1, -0.05) is 17.4 Å². The van der Waals surface area contributed by atoms with Gasteiger partial charge in [0.25, 0.3) is 5.91 Å². The Balaban J connectivity index is 1.70. The van der Waals surface area contributed by atoms with Crippen LogP contribution < -0.4 is 26.4 Å². The minimum absolute atomic E-state index is 0.0458. The standard InChI is InChI=1S/C22H23B3N8O3/c1-36-19-14(13-10-27-33(11-13)8-7-26)3-2-4-15(19)28-16-9-17(29-20(34)12-5-6-12)31-32-18(16)21(35)30-22(23,24)25/h2-4,9-12H,5-8,26H2,1H3,(H,30,35)(H2,28,29,31,34). The van der Waals surface area contributed by atoms with Gasteiger partial charge in [-0.25, -0.2) is 0 Å². The molecule has 2 heterocycles. The van der Waals surface area contributed by atoms with Crippen molar-refractivity contribution < 1.29 is 14.3 Å². The molecule has 1 saturated carbocycles. The predicted octanol–water partition coefficient (Wildman–Crippen LogP) is 0.246. The van der Waals surface area contributed by atoms with Crippen LogP contribution in [0.2, 0.25) is 0 Å². The van der Waals surface area contributed by atoms with Crippen LogP contribution in [0.1, 0.15) is 23.3 Å². The lowest BCUT2D eigenvalue weighted by Crippen LogP contribution is -2.50. The van der Waals surface area contributed by atoms with Crippen LogP contribution in [0.15, 0.2) is 36.7 Å². The van der Waals surface area contributed by atoms with E-state index < -0.39 is 11.1 Å². The highest BCUT2D eigenvalue weighted by molar-refractivity contribution is 6.60. The van der Waals surface area contributed by atoms with Gasteiger partial charge >= 0.3 is 0 Å². The average Bonchev–Trinajstić information content (AvgIpc) is 3.57. The smallest absolute Gasteiger partial charge is 0.272 e. The monoisotopic (exact) mass is 480 g/mol. The molecule has 0 bridgehead atoms. The Labute approximate surface area is 212 Å². The average molecular weight is 480 g/mol. The van der Waals surface area contributed by atoms with E-state index >= 15 is 0 Å². The van der Waals surface area contributed by atoms with Crippen molar-refractivity contribution in [1.29, 1.82) is 0 Å². The molecule has 36 heavy (non-hydrogen) atoms. The summed E-state index contributed by atoms with van der Waals surface area (Å²) in [6.07, 6.45) is 5.21. The molecule has 0 atom stereocenters. The van der Waals surface area contributed by atoms with Crippen LogP contribution >= 0.6 is 0 Å². The van der Waals surface area contributed by atoms with Crippen molar-refractivity contribution in [3.05, 3.63) is 42.4 Å². The van der Waals surface area contributed by atoms with Crippen molar-refractivity contribution in [1.82, 2.24) is 25.3 Å². The van der Waals surface area contributed by atoms with Gasteiger partial charge in [0.2, 0.25) is 5.91 Å². The molecule has 5 N–H and O–H groups in total. The van der Waals surface area contributed by atoms with Crippen LogP contribution in [0.25, 0.3) is 11.1 Å². The molecule has 2 amide bonds. The molecule has 0 unspecified atom stereocenters. The zero-order valence-corrected chi connectivity index (χ0v) is 19.7. The number of para-hydroxylation sites is 1. The molecule has 11 nitrogen and oxygen atoms in total. The Hall–Kier alpha value is -3.80. The molecular weight excluding hydrogens is 457 g/mol. The van der Waals surface area contributed by atoms with Gasteiger partial charge < -0.3 is 26.4 Å². The van der Waals surface area contributed by atoms with Crippen molar-refractivity contribution >= 4 is 52.5 Å². The van der Waals surface area contributed by atoms with Crippen molar-refractivity contribution in [2.45, 2.75) is 24.6 Å². The van der Waals surface area contributed by atoms with E-state index in [9.17, 15) is 9.59 Å². The third-order valence-electron chi connectivity index (χ3n) is 5.33. The third kappa shape index (κ3) is 6.06. The Bertz CT molecular complexity index is 1270. The lowest BCUT2D eigenvalue weighted by molar-refractivity contribution is -0.117. The van der Waals surface area contributed by atoms with Crippen LogP contribution in [0, 0.1) is 5.92 Å². The minimum Gasteiger partial charge on any atom is -0.494 e. The zero-order valence-electron chi connectivity index (χ0n) is 19.7. The summed E-state index contributed by atoms with van der Waals surface area (Å²) in [6.45, 7) is 1.02. The van der Waals surface area contributed by atoms with Gasteiger partial charge in [0.15, 0.2) is 11.5 Å². The first-order valence-corrected chi connectivity index (χ1v) is 11.2. The van der Waals surface area contributed by atoms with E-state index in [0.29, 0.717) is 24.5 Å². The first-order valence-electron chi connectivity index (χ1n) is 11.2. The molecule has 1 aliphatic carbocycles. The molecule has 1 fully saturated rings. The molecule has 0 aliphatic heterocycles. The van der Waals surface area contributed by atoms with Crippen molar-refractivity contribution in [3.63, 3.8) is 0 Å². The quantitative estimate of drug-likeness (QED) is 0.302. The van der Waals surface area contributed by atoms with E-state index in [1.807, 2.05) is 18.3 Å². The number of rotatable bonds is 10. The van der Waals surface area contributed by atoms with Crippen LogP contribution in [0.4, 0.5) is 17.2 Å². The Morgan fingerprint density at radius 1 is 1.22 bits per heavy atom. The summed E-state index contributed by atoms with van der Waals surface area (Å²) >= 11 is 0. The summed E-state index contributed by atoms with van der Waals surface area (Å²) in [7, 11) is 18.1. The second-order valence-electron chi connectivity index (χ2n) is 8.43. The minimum atomic E-state index is -1.98. The van der Waals surface area contributed by atoms with Crippen LogP contribution in [-0.4, -0.2) is 74.2 Å². The molecule has 3 aromatic rings. The molecule has 0 saturated heterocycles. The SMILES string of the molecule is [B]C([B])([B])NC(=O)c1nnc(NC(=O)C2CC2)cc1Nc1cccc(-c2cnn(CCN)c2)c1OC. The number of hydrogen-bond donors (Lipinski definition) is 4. The van der Waals surface area contributed by atoms with Crippen LogP contribution in [0.5, 0.6) is 5.75 Å². The predicted molar refractivity (Wildman–Crippen MR) is 137 cm³/mol. The maximum atomic E-state index is 12.8. The van der Waals surface area contributed by atoms with Gasteiger partial charge in [-0.2, -0.15) is 5.10 Å². The van der Waals surface area contributed by atoms with E-state index in [-0.39, 0.29) is 29.0 Å². The fourth-order valence-electron chi connectivity index (χ4n) is 3.53. The summed E-state index contributed by atoms with van der Waals surface area (Å²) < 4.78 is 7.43. The number of nitrogens with two attached hydrogens (primary N) is 1. The second-order valence-corrected chi connectivity index (χ2v) is 8.43. The first kappa shape index (κ1) is 25.3. The second kappa shape index (κ2) is 10.4. The van der Waals surface area contributed by atoms with E-state index in [2.05, 4.69) is 31.2 Å². The van der Waals surface area contributed by atoms with Crippen LogP contribution in [0.3, 0.4) is 0 Å². The number of nitrogens with one attached hydrogen (secondary N) is 3. The Kier molecular flexibility index (Phi) is 7.34. The molecule has 6 radical (unpaired) electrons. The topological polar surface area (TPSA) is 149 Å². The number of aromatic nitrogens is 4. The number of nitrogens with zero attached hydrogens (tertiary/aromatic N) is 4. The van der Waals surface area contributed by atoms with Crippen LogP contribution in [-0.2, 0) is 11.3 Å². The normalized spacial score (nSPS) is 13.2. The van der Waals surface area contributed by atoms with Gasteiger partial charge in [0.05, 0.1) is 54.8 Å². The number of hydrogen-bond acceptors (Lipinski definition) is 8. The summed E-state index contributed by atoms with van der Waals surface area (Å²) in [5, 5.41) is 18.4. The number of ether oxygens (including phenoxy) is 1. The highest BCUT2D eigenvalue weighted by Gasteiger charge is 2.30. The van der Waals surface area contributed by atoms with Gasteiger partial charge in [-0.15, -0.1) is 10.2 Å². The lowest BCUT2D eigenvalue weighted by atomic mass is 9.49. The maximum Gasteiger partial charge on any atom is 0.272 e. The largest absolute Gasteiger partial charge is 0.494 e.